The maximum Gasteiger partial charge on any atom is 0.0428 e. The Morgan fingerprint density at radius 3 is 2.47 bits per heavy atom. The Labute approximate surface area is 105 Å². The smallest absolute Gasteiger partial charge is 0.0428 e. The van der Waals surface area contributed by atoms with Crippen LogP contribution in [0.15, 0.2) is 24.3 Å². The molecular formula is C16H23N. The van der Waals surface area contributed by atoms with Crippen molar-refractivity contribution in [2.24, 2.45) is 0 Å². The zero-order valence-corrected chi connectivity index (χ0v) is 11.2. The van der Waals surface area contributed by atoms with E-state index in [4.69, 9.17) is 5.73 Å². The average molecular weight is 229 g/mol. The normalized spacial score (nSPS) is 16.8. The van der Waals surface area contributed by atoms with Gasteiger partial charge in [0, 0.05) is 11.3 Å². The molecule has 0 radical (unpaired) electrons. The molecule has 0 spiro atoms. The number of hydrogen-bond acceptors (Lipinski definition) is 1. The standard InChI is InChI=1S/C16H23N/c1-16(2,3)14-11-7-10-13(15(14)17)12-8-5-4-6-9-12/h7-8,10-11H,4-6,9,17H2,1-3H3. The van der Waals surface area contributed by atoms with Crippen LogP contribution in [-0.2, 0) is 5.41 Å². The van der Waals surface area contributed by atoms with E-state index in [1.165, 1.54) is 42.4 Å². The van der Waals surface area contributed by atoms with Crippen molar-refractivity contribution in [2.75, 3.05) is 5.73 Å². The van der Waals surface area contributed by atoms with Crippen LogP contribution in [0, 0.1) is 0 Å². The van der Waals surface area contributed by atoms with Crippen molar-refractivity contribution < 1.29 is 0 Å². The first-order valence-corrected chi connectivity index (χ1v) is 6.58. The Kier molecular flexibility index (Phi) is 3.28. The van der Waals surface area contributed by atoms with Gasteiger partial charge in [0.25, 0.3) is 0 Å². The molecule has 0 atom stereocenters. The number of nitrogens with two attached hydrogens (primary N) is 1. The number of anilines is 1. The lowest BCUT2D eigenvalue weighted by Crippen LogP contribution is -2.15. The fourth-order valence-electron chi connectivity index (χ4n) is 2.58. The molecule has 1 aliphatic rings. The van der Waals surface area contributed by atoms with Crippen LogP contribution in [0.4, 0.5) is 5.69 Å². The second kappa shape index (κ2) is 4.56. The van der Waals surface area contributed by atoms with Crippen LogP contribution >= 0.6 is 0 Å². The van der Waals surface area contributed by atoms with Crippen LogP contribution in [0.1, 0.15) is 57.6 Å². The maximum absolute atomic E-state index is 6.36. The highest BCUT2D eigenvalue weighted by molar-refractivity contribution is 5.77. The van der Waals surface area contributed by atoms with Crippen LogP contribution < -0.4 is 5.73 Å². The third-order valence-corrected chi connectivity index (χ3v) is 3.55. The van der Waals surface area contributed by atoms with E-state index in [-0.39, 0.29) is 5.41 Å². The molecule has 0 heterocycles. The van der Waals surface area contributed by atoms with E-state index in [1.54, 1.807) is 0 Å². The molecule has 1 aromatic rings. The van der Waals surface area contributed by atoms with E-state index < -0.39 is 0 Å². The molecule has 0 amide bonds. The predicted octanol–water partition coefficient (Wildman–Crippen LogP) is 4.52. The van der Waals surface area contributed by atoms with Gasteiger partial charge in [-0.15, -0.1) is 0 Å². The second-order valence-electron chi connectivity index (χ2n) is 5.99. The maximum atomic E-state index is 6.36. The molecule has 0 saturated heterocycles. The molecule has 0 saturated carbocycles. The summed E-state index contributed by atoms with van der Waals surface area (Å²) >= 11 is 0. The summed E-state index contributed by atoms with van der Waals surface area (Å²) in [4.78, 5) is 0. The number of rotatable bonds is 1. The summed E-state index contributed by atoms with van der Waals surface area (Å²) in [5.41, 5.74) is 11.4. The van der Waals surface area contributed by atoms with Gasteiger partial charge in [0.1, 0.15) is 0 Å². The number of nitrogen functional groups attached to an aromatic ring is 1. The van der Waals surface area contributed by atoms with Gasteiger partial charge in [-0.25, -0.2) is 0 Å². The van der Waals surface area contributed by atoms with Crippen molar-refractivity contribution >= 4 is 11.3 Å². The number of allylic oxidation sites excluding steroid dienone is 2. The van der Waals surface area contributed by atoms with E-state index in [2.05, 4.69) is 45.0 Å². The Morgan fingerprint density at radius 2 is 1.88 bits per heavy atom. The number of benzene rings is 1. The Bertz CT molecular complexity index is 435. The second-order valence-corrected chi connectivity index (χ2v) is 5.99. The van der Waals surface area contributed by atoms with E-state index in [0.29, 0.717) is 0 Å². The van der Waals surface area contributed by atoms with Gasteiger partial charge in [0.15, 0.2) is 0 Å². The SMILES string of the molecule is CC(C)(C)c1cccc(C2=CCCCC2)c1N. The lowest BCUT2D eigenvalue weighted by atomic mass is 9.82. The summed E-state index contributed by atoms with van der Waals surface area (Å²) in [7, 11) is 0. The number of hydrogen-bond donors (Lipinski definition) is 1. The van der Waals surface area contributed by atoms with Gasteiger partial charge in [0.2, 0.25) is 0 Å². The first-order valence-electron chi connectivity index (χ1n) is 6.58. The monoisotopic (exact) mass is 229 g/mol. The van der Waals surface area contributed by atoms with Crippen LogP contribution in [0.3, 0.4) is 0 Å². The van der Waals surface area contributed by atoms with Crippen molar-refractivity contribution in [2.45, 2.75) is 51.9 Å². The first kappa shape index (κ1) is 12.2. The van der Waals surface area contributed by atoms with Gasteiger partial charge in [-0.2, -0.15) is 0 Å². The van der Waals surface area contributed by atoms with Gasteiger partial charge in [0.05, 0.1) is 0 Å². The zero-order valence-electron chi connectivity index (χ0n) is 11.2. The topological polar surface area (TPSA) is 26.0 Å². The van der Waals surface area contributed by atoms with Crippen LogP contribution in [0.2, 0.25) is 0 Å². The lowest BCUT2D eigenvalue weighted by Gasteiger charge is -2.24. The highest BCUT2D eigenvalue weighted by atomic mass is 14.6. The molecule has 92 valence electrons. The predicted molar refractivity (Wildman–Crippen MR) is 76.0 cm³/mol. The van der Waals surface area contributed by atoms with Crippen molar-refractivity contribution in [3.63, 3.8) is 0 Å². The molecule has 1 aliphatic carbocycles. The largest absolute Gasteiger partial charge is 0.398 e. The van der Waals surface area contributed by atoms with Crippen LogP contribution in [0.25, 0.3) is 5.57 Å². The highest BCUT2D eigenvalue weighted by Crippen LogP contribution is 2.36. The minimum Gasteiger partial charge on any atom is -0.398 e. The summed E-state index contributed by atoms with van der Waals surface area (Å²) in [5.74, 6) is 0. The van der Waals surface area contributed by atoms with Gasteiger partial charge in [-0.05, 0) is 42.2 Å². The average Bonchev–Trinajstić information content (AvgIpc) is 2.29. The quantitative estimate of drug-likeness (QED) is 0.704. The molecule has 1 heteroatoms. The molecular weight excluding hydrogens is 206 g/mol. The van der Waals surface area contributed by atoms with Gasteiger partial charge in [-0.3, -0.25) is 0 Å². The van der Waals surface area contributed by atoms with Crippen molar-refractivity contribution in [3.8, 4) is 0 Å². The van der Waals surface area contributed by atoms with E-state index >= 15 is 0 Å². The van der Waals surface area contributed by atoms with E-state index in [9.17, 15) is 0 Å². The lowest BCUT2D eigenvalue weighted by molar-refractivity contribution is 0.592. The van der Waals surface area contributed by atoms with Crippen molar-refractivity contribution in [1.82, 2.24) is 0 Å². The Balaban J connectivity index is 2.46. The summed E-state index contributed by atoms with van der Waals surface area (Å²) in [6.07, 6.45) is 7.36. The summed E-state index contributed by atoms with van der Waals surface area (Å²) < 4.78 is 0. The van der Waals surface area contributed by atoms with Crippen molar-refractivity contribution in [3.05, 3.63) is 35.4 Å². The van der Waals surface area contributed by atoms with Crippen LogP contribution in [0.5, 0.6) is 0 Å². The molecule has 2 rings (SSSR count). The summed E-state index contributed by atoms with van der Waals surface area (Å²) in [5, 5.41) is 0. The fraction of sp³-hybridized carbons (Fsp3) is 0.500. The third-order valence-electron chi connectivity index (χ3n) is 3.55. The molecule has 2 N–H and O–H groups in total. The Hall–Kier alpha value is -1.24. The minimum atomic E-state index is 0.120. The van der Waals surface area contributed by atoms with Crippen molar-refractivity contribution in [1.29, 1.82) is 0 Å². The molecule has 1 aromatic carbocycles. The third kappa shape index (κ3) is 2.54. The summed E-state index contributed by atoms with van der Waals surface area (Å²) in [6.45, 7) is 6.66. The van der Waals surface area contributed by atoms with Gasteiger partial charge >= 0.3 is 0 Å². The summed E-state index contributed by atoms with van der Waals surface area (Å²) in [6, 6.07) is 6.46. The van der Waals surface area contributed by atoms with Crippen LogP contribution in [-0.4, -0.2) is 0 Å². The molecule has 0 aromatic heterocycles. The zero-order chi connectivity index (χ0) is 12.5. The van der Waals surface area contributed by atoms with Gasteiger partial charge in [-0.1, -0.05) is 45.0 Å². The van der Waals surface area contributed by atoms with Gasteiger partial charge < -0.3 is 5.73 Å². The van der Waals surface area contributed by atoms with E-state index in [0.717, 1.165) is 5.69 Å². The highest BCUT2D eigenvalue weighted by Gasteiger charge is 2.19. The molecule has 0 bridgehead atoms. The molecule has 0 unspecified atom stereocenters. The first-order chi connectivity index (χ1) is 8.00. The molecule has 1 nitrogen and oxygen atoms in total. The Morgan fingerprint density at radius 1 is 1.12 bits per heavy atom. The molecule has 0 fully saturated rings. The molecule has 0 aliphatic heterocycles. The number of para-hydroxylation sites is 1. The minimum absolute atomic E-state index is 0.120. The molecule has 17 heavy (non-hydrogen) atoms. The fourth-order valence-corrected chi connectivity index (χ4v) is 2.58. The van der Waals surface area contributed by atoms with E-state index in [1.807, 2.05) is 0 Å².